The minimum absolute atomic E-state index is 0.0121. The van der Waals surface area contributed by atoms with Gasteiger partial charge in [-0.25, -0.2) is 4.39 Å². The molecule has 5 heteroatoms. The molecule has 0 heterocycles. The smallest absolute Gasteiger partial charge is 0.223 e. The van der Waals surface area contributed by atoms with Gasteiger partial charge in [-0.1, -0.05) is 18.2 Å². The van der Waals surface area contributed by atoms with Gasteiger partial charge in [0, 0.05) is 32.0 Å². The molecule has 1 aliphatic rings. The fourth-order valence-corrected chi connectivity index (χ4v) is 3.47. The lowest BCUT2D eigenvalue weighted by molar-refractivity contribution is -0.130. The van der Waals surface area contributed by atoms with Crippen LogP contribution in [0.4, 0.5) is 4.39 Å². The zero-order chi connectivity index (χ0) is 19.4. The number of aryl methyl sites for hydroxylation is 2. The molecular weight excluding hydrogens is 345 g/mol. The van der Waals surface area contributed by atoms with E-state index in [2.05, 4.69) is 0 Å². The van der Waals surface area contributed by atoms with E-state index in [1.165, 1.54) is 29.2 Å². The molecule has 0 unspecified atom stereocenters. The lowest BCUT2D eigenvalue weighted by Crippen LogP contribution is -2.26. The number of hydrogen-bond acceptors (Lipinski definition) is 3. The topological polar surface area (TPSA) is 46.6 Å². The maximum absolute atomic E-state index is 13.8. The Morgan fingerprint density at radius 2 is 1.85 bits per heavy atom. The number of amides is 1. The summed E-state index contributed by atoms with van der Waals surface area (Å²) in [6, 6.07) is 10.5. The largest absolute Gasteiger partial charge is 0.494 e. The van der Waals surface area contributed by atoms with Gasteiger partial charge in [0.2, 0.25) is 5.91 Å². The van der Waals surface area contributed by atoms with Crippen molar-refractivity contribution in [2.75, 3.05) is 14.2 Å². The van der Waals surface area contributed by atoms with Crippen molar-refractivity contribution >= 4 is 11.7 Å². The zero-order valence-corrected chi connectivity index (χ0v) is 15.8. The molecule has 0 spiro atoms. The molecule has 0 radical (unpaired) electrons. The minimum atomic E-state index is -0.456. The summed E-state index contributed by atoms with van der Waals surface area (Å²) >= 11 is 0. The molecule has 0 N–H and O–H groups in total. The molecule has 0 saturated carbocycles. The van der Waals surface area contributed by atoms with Gasteiger partial charge in [-0.2, -0.15) is 0 Å². The number of nitrogens with zero attached hydrogens (tertiary/aromatic N) is 1. The molecular formula is C22H24FNO3. The predicted molar refractivity (Wildman–Crippen MR) is 101 cm³/mol. The summed E-state index contributed by atoms with van der Waals surface area (Å²) in [5.74, 6) is -0.432. The number of ether oxygens (including phenoxy) is 1. The van der Waals surface area contributed by atoms with Crippen LogP contribution in [-0.2, 0) is 24.2 Å². The van der Waals surface area contributed by atoms with Crippen LogP contribution in [0.5, 0.6) is 5.75 Å². The maximum Gasteiger partial charge on any atom is 0.223 e. The van der Waals surface area contributed by atoms with E-state index < -0.39 is 5.82 Å². The van der Waals surface area contributed by atoms with Gasteiger partial charge >= 0.3 is 0 Å². The van der Waals surface area contributed by atoms with E-state index in [-0.39, 0.29) is 36.8 Å². The highest BCUT2D eigenvalue weighted by molar-refractivity contribution is 5.98. The second-order valence-corrected chi connectivity index (χ2v) is 6.98. The first-order valence-corrected chi connectivity index (χ1v) is 9.19. The lowest BCUT2D eigenvalue weighted by Gasteiger charge is -2.17. The number of methoxy groups -OCH3 is 1. The highest BCUT2D eigenvalue weighted by Gasteiger charge is 2.16. The first-order chi connectivity index (χ1) is 13.0. The molecule has 0 bridgehead atoms. The van der Waals surface area contributed by atoms with Crippen molar-refractivity contribution in [1.82, 2.24) is 4.90 Å². The van der Waals surface area contributed by atoms with Crippen molar-refractivity contribution in [1.29, 1.82) is 0 Å². The average Bonchev–Trinajstić information content (AvgIpc) is 3.13. The van der Waals surface area contributed by atoms with E-state index in [0.717, 1.165) is 19.3 Å². The average molecular weight is 369 g/mol. The van der Waals surface area contributed by atoms with Gasteiger partial charge in [-0.05, 0) is 54.2 Å². The Morgan fingerprint density at radius 3 is 2.59 bits per heavy atom. The molecule has 0 saturated heterocycles. The van der Waals surface area contributed by atoms with Crippen LogP contribution in [0.2, 0.25) is 0 Å². The normalized spacial score (nSPS) is 12.6. The predicted octanol–water partition coefficient (Wildman–Crippen LogP) is 3.94. The van der Waals surface area contributed by atoms with Gasteiger partial charge in [-0.3, -0.25) is 9.59 Å². The summed E-state index contributed by atoms with van der Waals surface area (Å²) in [7, 11) is 3.07. The molecule has 0 fully saturated rings. The van der Waals surface area contributed by atoms with Crippen molar-refractivity contribution < 1.29 is 18.7 Å². The Kier molecular flexibility index (Phi) is 5.89. The highest BCUT2D eigenvalue weighted by atomic mass is 19.1. The van der Waals surface area contributed by atoms with Gasteiger partial charge in [0.25, 0.3) is 0 Å². The lowest BCUT2D eigenvalue weighted by atomic mass is 10.0. The Morgan fingerprint density at radius 1 is 1.07 bits per heavy atom. The summed E-state index contributed by atoms with van der Waals surface area (Å²) in [5, 5.41) is 0. The van der Waals surface area contributed by atoms with E-state index in [9.17, 15) is 14.0 Å². The number of fused-ring (bicyclic) bond motifs is 1. The molecule has 0 aliphatic heterocycles. The number of halogens is 1. The number of rotatable bonds is 7. The van der Waals surface area contributed by atoms with Crippen LogP contribution in [0.1, 0.15) is 46.3 Å². The molecule has 1 amide bonds. The Bertz CT molecular complexity index is 863. The van der Waals surface area contributed by atoms with Crippen molar-refractivity contribution in [2.24, 2.45) is 0 Å². The van der Waals surface area contributed by atoms with Gasteiger partial charge in [0.1, 0.15) is 0 Å². The number of ketones is 1. The van der Waals surface area contributed by atoms with Crippen LogP contribution in [-0.4, -0.2) is 30.7 Å². The van der Waals surface area contributed by atoms with Gasteiger partial charge in [-0.15, -0.1) is 0 Å². The fourth-order valence-electron chi connectivity index (χ4n) is 3.47. The monoisotopic (exact) mass is 369 g/mol. The van der Waals surface area contributed by atoms with E-state index in [1.54, 1.807) is 19.2 Å². The van der Waals surface area contributed by atoms with E-state index >= 15 is 0 Å². The van der Waals surface area contributed by atoms with Crippen molar-refractivity contribution in [2.45, 2.75) is 38.6 Å². The summed E-state index contributed by atoms with van der Waals surface area (Å²) in [6.45, 7) is 0.285. The summed E-state index contributed by atoms with van der Waals surface area (Å²) < 4.78 is 18.7. The number of carbonyl (C=O) groups is 2. The van der Waals surface area contributed by atoms with Gasteiger partial charge in [0.15, 0.2) is 17.3 Å². The molecule has 27 heavy (non-hydrogen) atoms. The molecule has 0 atom stereocenters. The fraction of sp³-hybridized carbons (Fsp3) is 0.364. The molecule has 2 aromatic carbocycles. The maximum atomic E-state index is 13.8. The SMILES string of the molecule is COc1ccc(CN(C)C(=O)CCC(=O)c2ccc3c(c2)CCC3)cc1F. The van der Waals surface area contributed by atoms with Crippen LogP contribution >= 0.6 is 0 Å². The van der Waals surface area contributed by atoms with Gasteiger partial charge in [0.05, 0.1) is 7.11 Å². The van der Waals surface area contributed by atoms with Crippen molar-refractivity contribution in [3.8, 4) is 5.75 Å². The minimum Gasteiger partial charge on any atom is -0.494 e. The first-order valence-electron chi connectivity index (χ1n) is 9.19. The number of Topliss-reactive ketones (excluding diaryl/α,β-unsaturated/α-hetero) is 1. The third kappa shape index (κ3) is 4.54. The summed E-state index contributed by atoms with van der Waals surface area (Å²) in [6.07, 6.45) is 3.57. The number of benzene rings is 2. The Hall–Kier alpha value is -2.69. The van der Waals surface area contributed by atoms with Gasteiger partial charge < -0.3 is 9.64 Å². The second-order valence-electron chi connectivity index (χ2n) is 6.98. The molecule has 3 rings (SSSR count). The summed E-state index contributed by atoms with van der Waals surface area (Å²) in [4.78, 5) is 26.3. The Labute approximate surface area is 158 Å². The standard InChI is InChI=1S/C22H24FNO3/c1-24(14-15-6-10-21(27-2)19(23)12-15)22(26)11-9-20(25)18-8-7-16-4-3-5-17(16)13-18/h6-8,10,12-13H,3-5,9,11,14H2,1-2H3. The van der Waals surface area contributed by atoms with Crippen molar-refractivity contribution in [3.05, 3.63) is 64.5 Å². The van der Waals surface area contributed by atoms with Crippen LogP contribution in [0, 0.1) is 5.82 Å². The molecule has 142 valence electrons. The van der Waals surface area contributed by atoms with E-state index in [0.29, 0.717) is 11.1 Å². The highest BCUT2D eigenvalue weighted by Crippen LogP contribution is 2.23. The third-order valence-corrected chi connectivity index (χ3v) is 5.05. The van der Waals surface area contributed by atoms with Crippen LogP contribution in [0.25, 0.3) is 0 Å². The summed E-state index contributed by atoms with van der Waals surface area (Å²) in [5.41, 5.74) is 3.94. The molecule has 1 aliphatic carbocycles. The number of hydrogen-bond donors (Lipinski definition) is 0. The van der Waals surface area contributed by atoms with Crippen LogP contribution in [0.3, 0.4) is 0 Å². The second kappa shape index (κ2) is 8.33. The van der Waals surface area contributed by atoms with Crippen LogP contribution in [0.15, 0.2) is 36.4 Å². The number of carbonyl (C=O) groups excluding carboxylic acids is 2. The first kappa shape index (κ1) is 19.1. The molecule has 2 aromatic rings. The quantitative estimate of drug-likeness (QED) is 0.695. The molecule has 4 nitrogen and oxygen atoms in total. The zero-order valence-electron chi connectivity index (χ0n) is 15.8. The van der Waals surface area contributed by atoms with Crippen molar-refractivity contribution in [3.63, 3.8) is 0 Å². The Balaban J connectivity index is 1.53. The van der Waals surface area contributed by atoms with E-state index in [1.807, 2.05) is 18.2 Å². The third-order valence-electron chi connectivity index (χ3n) is 5.05. The molecule has 0 aromatic heterocycles. The van der Waals surface area contributed by atoms with Crippen LogP contribution < -0.4 is 4.74 Å². The van der Waals surface area contributed by atoms with E-state index in [4.69, 9.17) is 4.74 Å².